The Bertz CT molecular complexity index is 769. The molecule has 1 fully saturated rings. The normalized spacial score (nSPS) is 20.9. The zero-order valence-electron chi connectivity index (χ0n) is 10.6. The summed E-state index contributed by atoms with van der Waals surface area (Å²) in [6, 6.07) is 1.89. The van der Waals surface area contributed by atoms with E-state index in [0.717, 1.165) is 6.07 Å². The van der Waals surface area contributed by atoms with Gasteiger partial charge in [-0.1, -0.05) is 0 Å². The summed E-state index contributed by atoms with van der Waals surface area (Å²) >= 11 is 0. The van der Waals surface area contributed by atoms with E-state index in [0.29, 0.717) is 6.29 Å². The Labute approximate surface area is 112 Å². The van der Waals surface area contributed by atoms with Gasteiger partial charge in [-0.05, 0) is 12.1 Å². The van der Waals surface area contributed by atoms with Gasteiger partial charge in [0, 0.05) is 12.6 Å². The van der Waals surface area contributed by atoms with Crippen molar-refractivity contribution in [3.05, 3.63) is 39.9 Å². The van der Waals surface area contributed by atoms with Crippen molar-refractivity contribution in [3.63, 3.8) is 0 Å². The van der Waals surface area contributed by atoms with Gasteiger partial charge in [-0.2, -0.15) is 0 Å². The van der Waals surface area contributed by atoms with Crippen LogP contribution in [0, 0.1) is 5.82 Å². The van der Waals surface area contributed by atoms with Crippen molar-refractivity contribution in [3.8, 4) is 5.75 Å². The van der Waals surface area contributed by atoms with Gasteiger partial charge in [0.25, 0.3) is 0 Å². The SMILES string of the molecule is COc1c(F)ccc2c(=O)c(C=O)cn([C@@H]3C[C@@H]3F)c12. The summed E-state index contributed by atoms with van der Waals surface area (Å²) in [7, 11) is 1.28. The van der Waals surface area contributed by atoms with Gasteiger partial charge in [0.2, 0.25) is 0 Å². The number of methoxy groups -OCH3 is 1. The van der Waals surface area contributed by atoms with Crippen LogP contribution in [0.25, 0.3) is 10.9 Å². The van der Waals surface area contributed by atoms with E-state index in [9.17, 15) is 18.4 Å². The van der Waals surface area contributed by atoms with Crippen LogP contribution in [-0.4, -0.2) is 24.1 Å². The highest BCUT2D eigenvalue weighted by Crippen LogP contribution is 2.42. The molecule has 0 radical (unpaired) electrons. The van der Waals surface area contributed by atoms with Crippen molar-refractivity contribution in [1.82, 2.24) is 4.57 Å². The molecule has 1 aromatic heterocycles. The molecular formula is C14H11F2NO3. The van der Waals surface area contributed by atoms with Crippen LogP contribution in [0.1, 0.15) is 22.8 Å². The number of rotatable bonds is 3. The molecule has 0 bridgehead atoms. The van der Waals surface area contributed by atoms with E-state index in [2.05, 4.69) is 0 Å². The van der Waals surface area contributed by atoms with E-state index in [4.69, 9.17) is 4.74 Å². The number of pyridine rings is 1. The molecule has 2 aromatic rings. The number of ether oxygens (including phenoxy) is 1. The lowest BCUT2D eigenvalue weighted by Crippen LogP contribution is -2.15. The first-order valence-corrected chi connectivity index (χ1v) is 6.09. The van der Waals surface area contributed by atoms with E-state index >= 15 is 0 Å². The number of halogens is 2. The molecule has 0 N–H and O–H groups in total. The lowest BCUT2D eigenvalue weighted by Gasteiger charge is -2.14. The van der Waals surface area contributed by atoms with Crippen LogP contribution in [-0.2, 0) is 0 Å². The third kappa shape index (κ3) is 1.71. The molecule has 1 heterocycles. The Morgan fingerprint density at radius 2 is 2.15 bits per heavy atom. The second-order valence-corrected chi connectivity index (χ2v) is 4.73. The molecule has 1 saturated carbocycles. The minimum Gasteiger partial charge on any atom is -0.492 e. The summed E-state index contributed by atoms with van der Waals surface area (Å²) in [6.45, 7) is 0. The second-order valence-electron chi connectivity index (χ2n) is 4.73. The molecule has 6 heteroatoms. The minimum atomic E-state index is -1.06. The zero-order valence-corrected chi connectivity index (χ0v) is 10.6. The molecular weight excluding hydrogens is 268 g/mol. The number of benzene rings is 1. The lowest BCUT2D eigenvalue weighted by atomic mass is 10.1. The first-order valence-electron chi connectivity index (χ1n) is 6.09. The van der Waals surface area contributed by atoms with Gasteiger partial charge in [-0.15, -0.1) is 0 Å². The number of fused-ring (bicyclic) bond motifs is 1. The number of aromatic nitrogens is 1. The van der Waals surface area contributed by atoms with Crippen LogP contribution >= 0.6 is 0 Å². The van der Waals surface area contributed by atoms with E-state index in [-0.39, 0.29) is 28.6 Å². The smallest absolute Gasteiger partial charge is 0.200 e. The quantitative estimate of drug-likeness (QED) is 0.810. The fourth-order valence-electron chi connectivity index (χ4n) is 2.39. The molecule has 1 aromatic carbocycles. The summed E-state index contributed by atoms with van der Waals surface area (Å²) < 4.78 is 33.5. The van der Waals surface area contributed by atoms with Gasteiger partial charge >= 0.3 is 0 Å². The van der Waals surface area contributed by atoms with Crippen molar-refractivity contribution in [2.45, 2.75) is 18.6 Å². The summed E-state index contributed by atoms with van der Waals surface area (Å²) in [4.78, 5) is 23.1. The van der Waals surface area contributed by atoms with Crippen molar-refractivity contribution < 1.29 is 18.3 Å². The standard InChI is InChI=1S/C14H11F2NO3/c1-20-14-9(15)3-2-8-12(14)17(11-4-10(11)16)5-7(6-18)13(8)19/h2-3,5-6,10-11H,4H2,1H3/t10-,11+/m0/s1. The maximum atomic E-state index is 13.8. The van der Waals surface area contributed by atoms with Crippen molar-refractivity contribution in [2.75, 3.05) is 7.11 Å². The van der Waals surface area contributed by atoms with Gasteiger partial charge in [-0.3, -0.25) is 9.59 Å². The average molecular weight is 279 g/mol. The van der Waals surface area contributed by atoms with E-state index in [1.165, 1.54) is 23.9 Å². The first-order chi connectivity index (χ1) is 9.58. The maximum Gasteiger partial charge on any atom is 0.200 e. The van der Waals surface area contributed by atoms with Crippen LogP contribution in [0.2, 0.25) is 0 Å². The maximum absolute atomic E-state index is 13.8. The number of hydrogen-bond donors (Lipinski definition) is 0. The highest BCUT2D eigenvalue weighted by Gasteiger charge is 2.40. The number of aldehydes is 1. The molecule has 4 nitrogen and oxygen atoms in total. The number of carbonyl (C=O) groups is 1. The third-order valence-corrected chi connectivity index (χ3v) is 3.50. The lowest BCUT2D eigenvalue weighted by molar-refractivity contribution is 0.112. The van der Waals surface area contributed by atoms with Crippen molar-refractivity contribution in [2.24, 2.45) is 0 Å². The molecule has 0 aliphatic heterocycles. The van der Waals surface area contributed by atoms with Gasteiger partial charge in [0.1, 0.15) is 6.17 Å². The molecule has 104 valence electrons. The highest BCUT2D eigenvalue weighted by molar-refractivity contribution is 5.90. The molecule has 3 rings (SSSR count). The average Bonchev–Trinajstić information content (AvgIpc) is 3.16. The fraction of sp³-hybridized carbons (Fsp3) is 0.286. The van der Waals surface area contributed by atoms with E-state index in [1.807, 2.05) is 0 Å². The molecule has 20 heavy (non-hydrogen) atoms. The van der Waals surface area contributed by atoms with Gasteiger partial charge in [0.05, 0.1) is 29.6 Å². The summed E-state index contributed by atoms with van der Waals surface area (Å²) in [5, 5.41) is 0.145. The summed E-state index contributed by atoms with van der Waals surface area (Å²) in [6.07, 6.45) is 0.900. The monoisotopic (exact) mass is 279 g/mol. The Kier molecular flexibility index (Phi) is 2.81. The molecule has 1 aliphatic carbocycles. The predicted molar refractivity (Wildman–Crippen MR) is 68.7 cm³/mol. The molecule has 0 amide bonds. The van der Waals surface area contributed by atoms with Gasteiger partial charge < -0.3 is 9.30 Å². The Hall–Kier alpha value is -2.24. The largest absolute Gasteiger partial charge is 0.492 e. The fourth-order valence-corrected chi connectivity index (χ4v) is 2.39. The predicted octanol–water partition coefficient (Wildman–Crippen LogP) is 2.24. The molecule has 0 spiro atoms. The summed E-state index contributed by atoms with van der Waals surface area (Å²) in [5.74, 6) is -0.751. The van der Waals surface area contributed by atoms with E-state index < -0.39 is 23.5 Å². The third-order valence-electron chi connectivity index (χ3n) is 3.50. The Morgan fingerprint density at radius 3 is 2.70 bits per heavy atom. The molecule has 1 aliphatic rings. The van der Waals surface area contributed by atoms with E-state index in [1.54, 1.807) is 0 Å². The van der Waals surface area contributed by atoms with Crippen molar-refractivity contribution in [1.29, 1.82) is 0 Å². The number of alkyl halides is 1. The number of hydrogen-bond acceptors (Lipinski definition) is 3. The number of nitrogens with zero attached hydrogens (tertiary/aromatic N) is 1. The Morgan fingerprint density at radius 1 is 1.45 bits per heavy atom. The van der Waals surface area contributed by atoms with Gasteiger partial charge in [0.15, 0.2) is 23.3 Å². The van der Waals surface area contributed by atoms with Crippen LogP contribution in [0.3, 0.4) is 0 Å². The molecule has 0 saturated heterocycles. The zero-order chi connectivity index (χ0) is 14.4. The molecule has 2 atom stereocenters. The Balaban J connectivity index is 2.46. The molecule has 0 unspecified atom stereocenters. The topological polar surface area (TPSA) is 48.3 Å². The van der Waals surface area contributed by atoms with Crippen molar-refractivity contribution >= 4 is 17.2 Å². The second kappa shape index (κ2) is 4.40. The van der Waals surface area contributed by atoms with Gasteiger partial charge in [-0.25, -0.2) is 8.78 Å². The van der Waals surface area contributed by atoms with Crippen LogP contribution < -0.4 is 10.2 Å². The van der Waals surface area contributed by atoms with Crippen LogP contribution in [0.4, 0.5) is 8.78 Å². The summed E-state index contributed by atoms with van der Waals surface area (Å²) in [5.41, 5.74) is -0.404. The minimum absolute atomic E-state index is 0.0785. The first kappa shape index (κ1) is 12.8. The van der Waals surface area contributed by atoms with Crippen LogP contribution in [0.5, 0.6) is 5.75 Å². The number of carbonyl (C=O) groups excluding carboxylic acids is 1. The van der Waals surface area contributed by atoms with Crippen LogP contribution in [0.15, 0.2) is 23.1 Å². The highest BCUT2D eigenvalue weighted by atomic mass is 19.1.